The fourth-order valence-electron chi connectivity index (χ4n) is 1.01. The van der Waals surface area contributed by atoms with Crippen molar-refractivity contribution in [3.05, 3.63) is 18.3 Å². The number of nitrogens with zero attached hydrogens (tertiary/aromatic N) is 1. The summed E-state index contributed by atoms with van der Waals surface area (Å²) in [7, 11) is 0. The summed E-state index contributed by atoms with van der Waals surface area (Å²) < 4.78 is 5.41. The van der Waals surface area contributed by atoms with Gasteiger partial charge in [-0.05, 0) is 13.0 Å². The van der Waals surface area contributed by atoms with Crippen molar-refractivity contribution in [1.82, 2.24) is 4.98 Å². The summed E-state index contributed by atoms with van der Waals surface area (Å²) in [6.07, 6.45) is 7.45. The highest BCUT2D eigenvalue weighted by Gasteiger charge is 1.95. The molecule has 0 unspecified atom stereocenters. The monoisotopic (exact) mass is 190 g/mol. The maximum atomic E-state index is 5.41. The minimum Gasteiger partial charge on any atom is -0.492 e. The van der Waals surface area contributed by atoms with Crippen molar-refractivity contribution in [2.24, 2.45) is 0 Å². The van der Waals surface area contributed by atoms with Gasteiger partial charge >= 0.3 is 0 Å². The molecule has 0 saturated heterocycles. The maximum Gasteiger partial charge on any atom is 0.129 e. The predicted molar refractivity (Wildman–Crippen MR) is 57.3 cm³/mol. The van der Waals surface area contributed by atoms with Gasteiger partial charge in [0.05, 0.1) is 6.61 Å². The van der Waals surface area contributed by atoms with E-state index in [1.165, 1.54) is 0 Å². The van der Waals surface area contributed by atoms with Crippen molar-refractivity contribution >= 4 is 5.82 Å². The van der Waals surface area contributed by atoms with E-state index in [1.807, 2.05) is 19.1 Å². The molecule has 0 bridgehead atoms. The van der Waals surface area contributed by atoms with Gasteiger partial charge in [-0.25, -0.2) is 4.98 Å². The Kier molecular flexibility index (Phi) is 4.36. The number of hydrogen-bond acceptors (Lipinski definition) is 3. The van der Waals surface area contributed by atoms with Crippen LogP contribution in [0.15, 0.2) is 18.3 Å². The van der Waals surface area contributed by atoms with Crippen molar-refractivity contribution in [1.29, 1.82) is 0 Å². The molecule has 14 heavy (non-hydrogen) atoms. The first-order valence-electron chi connectivity index (χ1n) is 4.63. The summed E-state index contributed by atoms with van der Waals surface area (Å²) in [5.41, 5.74) is 0. The lowest BCUT2D eigenvalue weighted by atomic mass is 10.4. The normalized spacial score (nSPS) is 9.14. The Morgan fingerprint density at radius 2 is 2.50 bits per heavy atom. The summed E-state index contributed by atoms with van der Waals surface area (Å²) >= 11 is 0. The topological polar surface area (TPSA) is 34.1 Å². The number of aromatic nitrogens is 1. The van der Waals surface area contributed by atoms with E-state index in [0.717, 1.165) is 18.1 Å². The Morgan fingerprint density at radius 1 is 1.64 bits per heavy atom. The molecule has 74 valence electrons. The molecule has 1 aromatic rings. The lowest BCUT2D eigenvalue weighted by Gasteiger charge is -2.06. The van der Waals surface area contributed by atoms with E-state index >= 15 is 0 Å². The second-order valence-electron chi connectivity index (χ2n) is 2.71. The van der Waals surface area contributed by atoms with Gasteiger partial charge in [0.25, 0.3) is 0 Å². The molecule has 0 amide bonds. The van der Waals surface area contributed by atoms with Crippen molar-refractivity contribution in [2.45, 2.75) is 13.3 Å². The van der Waals surface area contributed by atoms with Crippen LogP contribution in [0.1, 0.15) is 13.3 Å². The number of rotatable bonds is 5. The van der Waals surface area contributed by atoms with Crippen LogP contribution in [0, 0.1) is 12.3 Å². The van der Waals surface area contributed by atoms with Crippen LogP contribution in [-0.4, -0.2) is 18.1 Å². The number of ether oxygens (including phenoxy) is 1. The minimum atomic E-state index is 0.548. The Hall–Kier alpha value is -1.69. The minimum absolute atomic E-state index is 0.548. The number of anilines is 1. The average molecular weight is 190 g/mol. The van der Waals surface area contributed by atoms with Crippen LogP contribution in [0.4, 0.5) is 5.82 Å². The maximum absolute atomic E-state index is 5.41. The Morgan fingerprint density at radius 3 is 3.21 bits per heavy atom. The van der Waals surface area contributed by atoms with Gasteiger partial charge in [0, 0.05) is 25.2 Å². The SMILES string of the molecule is C#CCCOc1ccnc(NCC)c1. The lowest BCUT2D eigenvalue weighted by Crippen LogP contribution is -2.00. The molecule has 3 nitrogen and oxygen atoms in total. The van der Waals surface area contributed by atoms with Crippen molar-refractivity contribution < 1.29 is 4.74 Å². The van der Waals surface area contributed by atoms with E-state index in [4.69, 9.17) is 11.2 Å². The van der Waals surface area contributed by atoms with Gasteiger partial charge in [-0.3, -0.25) is 0 Å². The van der Waals surface area contributed by atoms with Gasteiger partial charge in [-0.2, -0.15) is 0 Å². The van der Waals surface area contributed by atoms with Crippen LogP contribution in [0.25, 0.3) is 0 Å². The number of terminal acetylenes is 1. The third kappa shape index (κ3) is 3.36. The smallest absolute Gasteiger partial charge is 0.129 e. The van der Waals surface area contributed by atoms with Crippen LogP contribution >= 0.6 is 0 Å². The fourth-order valence-corrected chi connectivity index (χ4v) is 1.01. The second-order valence-corrected chi connectivity index (χ2v) is 2.71. The zero-order valence-corrected chi connectivity index (χ0v) is 8.29. The summed E-state index contributed by atoms with van der Waals surface area (Å²) in [5, 5.41) is 3.11. The molecule has 1 rings (SSSR count). The Bertz CT molecular complexity index is 317. The second kappa shape index (κ2) is 5.87. The van der Waals surface area contributed by atoms with Crippen molar-refractivity contribution in [2.75, 3.05) is 18.5 Å². The zero-order chi connectivity index (χ0) is 10.2. The van der Waals surface area contributed by atoms with Gasteiger partial charge in [-0.15, -0.1) is 12.3 Å². The highest BCUT2D eigenvalue weighted by Crippen LogP contribution is 2.14. The molecule has 1 heterocycles. The van der Waals surface area contributed by atoms with Gasteiger partial charge in [0.15, 0.2) is 0 Å². The molecule has 3 heteroatoms. The van der Waals surface area contributed by atoms with Crippen molar-refractivity contribution in [3.63, 3.8) is 0 Å². The molecule has 1 aromatic heterocycles. The number of pyridine rings is 1. The molecule has 0 aromatic carbocycles. The molecule has 0 fully saturated rings. The molecule has 0 atom stereocenters. The Balaban J connectivity index is 2.51. The fraction of sp³-hybridized carbons (Fsp3) is 0.364. The van der Waals surface area contributed by atoms with Gasteiger partial charge < -0.3 is 10.1 Å². The van der Waals surface area contributed by atoms with E-state index in [-0.39, 0.29) is 0 Å². The molecule has 0 saturated carbocycles. The summed E-state index contributed by atoms with van der Waals surface area (Å²) in [5.74, 6) is 4.14. The Labute approximate surface area is 84.5 Å². The van der Waals surface area contributed by atoms with Gasteiger partial charge in [-0.1, -0.05) is 0 Å². The zero-order valence-electron chi connectivity index (χ0n) is 8.29. The molecular weight excluding hydrogens is 176 g/mol. The van der Waals surface area contributed by atoms with Crippen molar-refractivity contribution in [3.8, 4) is 18.1 Å². The van der Waals surface area contributed by atoms with Crippen LogP contribution < -0.4 is 10.1 Å². The highest BCUT2D eigenvalue weighted by atomic mass is 16.5. The van der Waals surface area contributed by atoms with E-state index in [0.29, 0.717) is 13.0 Å². The third-order valence-electron chi connectivity index (χ3n) is 1.60. The first kappa shape index (κ1) is 10.4. The first-order chi connectivity index (χ1) is 6.86. The first-order valence-corrected chi connectivity index (χ1v) is 4.63. The standard InChI is InChI=1S/C11H14N2O/c1-3-5-8-14-10-6-7-13-11(9-10)12-4-2/h1,6-7,9H,4-5,8H2,2H3,(H,12,13). The number of nitrogens with one attached hydrogen (secondary N) is 1. The van der Waals surface area contributed by atoms with Gasteiger partial charge in [0.2, 0.25) is 0 Å². The van der Waals surface area contributed by atoms with Gasteiger partial charge in [0.1, 0.15) is 11.6 Å². The predicted octanol–water partition coefficient (Wildman–Crippen LogP) is 1.92. The quantitative estimate of drug-likeness (QED) is 0.569. The summed E-state index contributed by atoms with van der Waals surface area (Å²) in [4.78, 5) is 4.13. The third-order valence-corrected chi connectivity index (χ3v) is 1.60. The average Bonchev–Trinajstić information content (AvgIpc) is 2.19. The van der Waals surface area contributed by atoms with Crippen LogP contribution in [-0.2, 0) is 0 Å². The molecule has 0 aliphatic heterocycles. The molecule has 0 aliphatic rings. The van der Waals surface area contributed by atoms with E-state index < -0.39 is 0 Å². The van der Waals surface area contributed by atoms with E-state index in [2.05, 4.69) is 16.2 Å². The molecule has 0 radical (unpaired) electrons. The van der Waals surface area contributed by atoms with E-state index in [1.54, 1.807) is 6.20 Å². The highest BCUT2D eigenvalue weighted by molar-refractivity contribution is 5.40. The largest absolute Gasteiger partial charge is 0.492 e. The van der Waals surface area contributed by atoms with E-state index in [9.17, 15) is 0 Å². The number of hydrogen-bond donors (Lipinski definition) is 1. The summed E-state index contributed by atoms with van der Waals surface area (Å²) in [6.45, 7) is 3.42. The lowest BCUT2D eigenvalue weighted by molar-refractivity contribution is 0.327. The summed E-state index contributed by atoms with van der Waals surface area (Å²) in [6, 6.07) is 3.68. The molecule has 1 N–H and O–H groups in total. The molecular formula is C11H14N2O. The molecule has 0 spiro atoms. The van der Waals surface area contributed by atoms with Crippen LogP contribution in [0.2, 0.25) is 0 Å². The van der Waals surface area contributed by atoms with Crippen LogP contribution in [0.3, 0.4) is 0 Å². The molecule has 0 aliphatic carbocycles. The van der Waals surface area contributed by atoms with Crippen LogP contribution in [0.5, 0.6) is 5.75 Å².